The Morgan fingerprint density at radius 3 is 2.41 bits per heavy atom. The number of ether oxygens (including phenoxy) is 1. The molecule has 2 aromatic rings. The molecule has 1 unspecified atom stereocenters. The summed E-state index contributed by atoms with van der Waals surface area (Å²) in [5.74, 6) is 0.609. The van der Waals surface area contributed by atoms with Crippen LogP contribution in [0.15, 0.2) is 42.5 Å². The molecule has 0 radical (unpaired) electrons. The SMILES string of the molecule is COc1ccc(C(C(=O)Nc2ccc3c(c2)N(C(C)=O)CC3)C(C)C)cc1. The standard InChI is InChI=1S/C22H26N2O3/c1-14(2)21(17-6-9-19(27-4)10-7-17)22(26)23-18-8-5-16-11-12-24(15(3)25)20(16)13-18/h5-10,13-14,21H,11-12H2,1-4H3,(H,23,26). The number of nitrogens with zero attached hydrogens (tertiary/aromatic N) is 1. The predicted molar refractivity (Wildman–Crippen MR) is 107 cm³/mol. The normalized spacial score (nSPS) is 14.0. The second kappa shape index (κ2) is 7.82. The average molecular weight is 366 g/mol. The van der Waals surface area contributed by atoms with Gasteiger partial charge in [-0.05, 0) is 47.7 Å². The Morgan fingerprint density at radius 2 is 1.81 bits per heavy atom. The number of hydrogen-bond donors (Lipinski definition) is 1. The quantitative estimate of drug-likeness (QED) is 0.871. The van der Waals surface area contributed by atoms with Gasteiger partial charge in [0.2, 0.25) is 11.8 Å². The van der Waals surface area contributed by atoms with Crippen LogP contribution in [0.2, 0.25) is 0 Å². The zero-order chi connectivity index (χ0) is 19.6. The first-order valence-corrected chi connectivity index (χ1v) is 9.26. The molecule has 142 valence electrons. The minimum absolute atomic E-state index is 0.0236. The Bertz CT molecular complexity index is 843. The predicted octanol–water partition coefficient (Wildman–Crippen LogP) is 3.98. The van der Waals surface area contributed by atoms with Crippen molar-refractivity contribution in [2.24, 2.45) is 5.92 Å². The van der Waals surface area contributed by atoms with E-state index in [4.69, 9.17) is 4.74 Å². The average Bonchev–Trinajstić information content (AvgIpc) is 3.05. The van der Waals surface area contributed by atoms with Crippen LogP contribution in [-0.4, -0.2) is 25.5 Å². The molecule has 3 rings (SSSR count). The van der Waals surface area contributed by atoms with Crippen molar-refractivity contribution in [3.63, 3.8) is 0 Å². The lowest BCUT2D eigenvalue weighted by Crippen LogP contribution is -2.26. The van der Waals surface area contributed by atoms with Gasteiger partial charge in [0.15, 0.2) is 0 Å². The lowest BCUT2D eigenvalue weighted by molar-refractivity contribution is -0.118. The minimum atomic E-state index is -0.270. The second-order valence-electron chi connectivity index (χ2n) is 7.25. The first-order valence-electron chi connectivity index (χ1n) is 9.26. The third-order valence-corrected chi connectivity index (χ3v) is 5.05. The van der Waals surface area contributed by atoms with Crippen molar-refractivity contribution in [1.82, 2.24) is 0 Å². The first kappa shape index (κ1) is 19.0. The van der Waals surface area contributed by atoms with E-state index in [1.165, 1.54) is 0 Å². The summed E-state index contributed by atoms with van der Waals surface area (Å²) in [5, 5.41) is 3.03. The van der Waals surface area contributed by atoms with E-state index in [1.54, 1.807) is 18.9 Å². The number of rotatable bonds is 5. The van der Waals surface area contributed by atoms with Crippen molar-refractivity contribution in [2.75, 3.05) is 23.9 Å². The van der Waals surface area contributed by atoms with Crippen LogP contribution in [0.4, 0.5) is 11.4 Å². The summed E-state index contributed by atoms with van der Waals surface area (Å²) < 4.78 is 5.20. The van der Waals surface area contributed by atoms with E-state index in [9.17, 15) is 9.59 Å². The van der Waals surface area contributed by atoms with Crippen molar-refractivity contribution < 1.29 is 14.3 Å². The van der Waals surface area contributed by atoms with Crippen LogP contribution >= 0.6 is 0 Å². The number of methoxy groups -OCH3 is 1. The third kappa shape index (κ3) is 3.97. The van der Waals surface area contributed by atoms with Crippen LogP contribution in [-0.2, 0) is 16.0 Å². The molecule has 0 saturated carbocycles. The number of hydrogen-bond acceptors (Lipinski definition) is 3. The maximum atomic E-state index is 13.0. The third-order valence-electron chi connectivity index (χ3n) is 5.05. The summed E-state index contributed by atoms with van der Waals surface area (Å²) in [6.07, 6.45) is 0.851. The number of carbonyl (C=O) groups is 2. The molecular formula is C22H26N2O3. The molecular weight excluding hydrogens is 340 g/mol. The van der Waals surface area contributed by atoms with E-state index in [2.05, 4.69) is 5.32 Å². The molecule has 5 nitrogen and oxygen atoms in total. The van der Waals surface area contributed by atoms with Gasteiger partial charge < -0.3 is 15.0 Å². The monoisotopic (exact) mass is 366 g/mol. The number of nitrogens with one attached hydrogen (secondary N) is 1. The van der Waals surface area contributed by atoms with E-state index in [0.29, 0.717) is 12.2 Å². The van der Waals surface area contributed by atoms with E-state index in [0.717, 1.165) is 29.0 Å². The summed E-state index contributed by atoms with van der Waals surface area (Å²) in [7, 11) is 1.62. The smallest absolute Gasteiger partial charge is 0.232 e. The molecule has 0 bridgehead atoms. The Balaban J connectivity index is 1.82. The van der Waals surface area contributed by atoms with E-state index >= 15 is 0 Å². The number of anilines is 2. The van der Waals surface area contributed by atoms with Gasteiger partial charge in [0, 0.05) is 24.8 Å². The Hall–Kier alpha value is -2.82. The maximum absolute atomic E-state index is 13.0. The van der Waals surface area contributed by atoms with Gasteiger partial charge in [0.1, 0.15) is 5.75 Å². The summed E-state index contributed by atoms with van der Waals surface area (Å²) in [6.45, 7) is 6.34. The molecule has 2 amide bonds. The van der Waals surface area contributed by atoms with E-state index in [-0.39, 0.29) is 23.7 Å². The van der Waals surface area contributed by atoms with Crippen molar-refractivity contribution in [3.05, 3.63) is 53.6 Å². The first-order chi connectivity index (χ1) is 12.9. The molecule has 0 aromatic heterocycles. The lowest BCUT2D eigenvalue weighted by Gasteiger charge is -2.22. The van der Waals surface area contributed by atoms with E-state index < -0.39 is 0 Å². The molecule has 0 fully saturated rings. The summed E-state index contributed by atoms with van der Waals surface area (Å²) >= 11 is 0. The molecule has 0 spiro atoms. The Kier molecular flexibility index (Phi) is 5.49. The molecule has 1 N–H and O–H groups in total. The van der Waals surface area contributed by atoms with Gasteiger partial charge in [0.25, 0.3) is 0 Å². The van der Waals surface area contributed by atoms with Crippen LogP contribution in [0.5, 0.6) is 5.75 Å². The largest absolute Gasteiger partial charge is 0.497 e. The summed E-state index contributed by atoms with van der Waals surface area (Å²) in [4.78, 5) is 26.6. The molecule has 0 saturated heterocycles. The van der Waals surface area contributed by atoms with Gasteiger partial charge in [-0.2, -0.15) is 0 Å². The minimum Gasteiger partial charge on any atom is -0.497 e. The molecule has 5 heteroatoms. The van der Waals surface area contributed by atoms with Gasteiger partial charge in [-0.3, -0.25) is 9.59 Å². The molecule has 0 aliphatic carbocycles. The van der Waals surface area contributed by atoms with Gasteiger partial charge in [-0.1, -0.05) is 32.0 Å². The Labute approximate surface area is 160 Å². The lowest BCUT2D eigenvalue weighted by atomic mass is 9.87. The van der Waals surface area contributed by atoms with Crippen molar-refractivity contribution in [2.45, 2.75) is 33.1 Å². The fourth-order valence-corrected chi connectivity index (χ4v) is 3.65. The van der Waals surface area contributed by atoms with Gasteiger partial charge >= 0.3 is 0 Å². The summed E-state index contributed by atoms with van der Waals surface area (Å²) in [5.41, 5.74) is 3.70. The number of benzene rings is 2. The molecule has 27 heavy (non-hydrogen) atoms. The molecule has 1 atom stereocenters. The zero-order valence-electron chi connectivity index (χ0n) is 16.3. The number of carbonyl (C=O) groups excluding carboxylic acids is 2. The number of fused-ring (bicyclic) bond motifs is 1. The van der Waals surface area contributed by atoms with Gasteiger partial charge in [-0.15, -0.1) is 0 Å². The van der Waals surface area contributed by atoms with E-state index in [1.807, 2.05) is 56.3 Å². The highest BCUT2D eigenvalue weighted by Gasteiger charge is 2.26. The Morgan fingerprint density at radius 1 is 1.11 bits per heavy atom. The molecule has 2 aromatic carbocycles. The highest BCUT2D eigenvalue weighted by molar-refractivity contribution is 5.98. The fourth-order valence-electron chi connectivity index (χ4n) is 3.65. The van der Waals surface area contributed by atoms with Crippen LogP contribution in [0.1, 0.15) is 37.8 Å². The molecule has 1 aliphatic rings. The highest BCUT2D eigenvalue weighted by atomic mass is 16.5. The van der Waals surface area contributed by atoms with Gasteiger partial charge in [-0.25, -0.2) is 0 Å². The van der Waals surface area contributed by atoms with Crippen LogP contribution in [0.3, 0.4) is 0 Å². The van der Waals surface area contributed by atoms with Gasteiger partial charge in [0.05, 0.1) is 13.0 Å². The zero-order valence-corrected chi connectivity index (χ0v) is 16.3. The van der Waals surface area contributed by atoms with Crippen molar-refractivity contribution >= 4 is 23.2 Å². The highest BCUT2D eigenvalue weighted by Crippen LogP contribution is 2.32. The summed E-state index contributed by atoms with van der Waals surface area (Å²) in [6, 6.07) is 13.4. The van der Waals surface area contributed by atoms with Crippen LogP contribution in [0, 0.1) is 5.92 Å². The second-order valence-corrected chi connectivity index (χ2v) is 7.25. The maximum Gasteiger partial charge on any atom is 0.232 e. The molecule has 1 heterocycles. The number of amides is 2. The van der Waals surface area contributed by atoms with Crippen LogP contribution in [0.25, 0.3) is 0 Å². The van der Waals surface area contributed by atoms with Crippen molar-refractivity contribution in [1.29, 1.82) is 0 Å². The fraction of sp³-hybridized carbons (Fsp3) is 0.364. The molecule has 1 aliphatic heterocycles. The van der Waals surface area contributed by atoms with Crippen molar-refractivity contribution in [3.8, 4) is 5.75 Å². The topological polar surface area (TPSA) is 58.6 Å². The van der Waals surface area contributed by atoms with Crippen LogP contribution < -0.4 is 15.0 Å².